The van der Waals surface area contributed by atoms with Crippen molar-refractivity contribution in [1.82, 2.24) is 15.3 Å². The SMILES string of the molecule is C[C@H](NC(=O)c1ccc(N2CCOCC2=O)c(Cl)c1)c1nc2ccc(Cl)cc2[nH]1. The molecule has 0 bridgehead atoms. The maximum absolute atomic E-state index is 12.7. The van der Waals surface area contributed by atoms with Crippen LogP contribution >= 0.6 is 23.2 Å². The lowest BCUT2D eigenvalue weighted by molar-refractivity contribution is -0.125. The van der Waals surface area contributed by atoms with Gasteiger partial charge in [0, 0.05) is 17.1 Å². The maximum Gasteiger partial charge on any atom is 0.253 e. The number of halogens is 2. The Labute approximate surface area is 177 Å². The monoisotopic (exact) mass is 432 g/mol. The quantitative estimate of drug-likeness (QED) is 0.657. The first-order valence-corrected chi connectivity index (χ1v) is 9.81. The Morgan fingerprint density at radius 1 is 1.28 bits per heavy atom. The summed E-state index contributed by atoms with van der Waals surface area (Å²) in [6.45, 7) is 2.74. The van der Waals surface area contributed by atoms with Gasteiger partial charge in [-0.2, -0.15) is 0 Å². The van der Waals surface area contributed by atoms with Gasteiger partial charge >= 0.3 is 0 Å². The molecule has 3 aromatic rings. The number of H-pyrrole nitrogens is 1. The molecule has 1 fully saturated rings. The molecule has 7 nitrogen and oxygen atoms in total. The molecule has 1 saturated heterocycles. The number of rotatable bonds is 4. The Morgan fingerprint density at radius 2 is 2.10 bits per heavy atom. The number of aromatic amines is 1. The summed E-state index contributed by atoms with van der Waals surface area (Å²) in [5, 5.41) is 3.84. The molecule has 2 heterocycles. The van der Waals surface area contributed by atoms with Crippen LogP contribution in [-0.2, 0) is 9.53 Å². The van der Waals surface area contributed by atoms with E-state index in [9.17, 15) is 9.59 Å². The third-order valence-corrected chi connectivity index (χ3v) is 5.24. The third kappa shape index (κ3) is 4.07. The Bertz CT molecular complexity index is 1100. The molecule has 1 aliphatic heterocycles. The normalized spacial score (nSPS) is 15.6. The summed E-state index contributed by atoms with van der Waals surface area (Å²) in [5.41, 5.74) is 2.54. The number of morpholine rings is 1. The number of imidazole rings is 1. The molecule has 0 aliphatic carbocycles. The van der Waals surface area contributed by atoms with Crippen LogP contribution in [0.1, 0.15) is 29.1 Å². The fourth-order valence-electron chi connectivity index (χ4n) is 3.19. The Morgan fingerprint density at radius 3 is 2.86 bits per heavy atom. The molecule has 0 radical (unpaired) electrons. The summed E-state index contributed by atoms with van der Waals surface area (Å²) < 4.78 is 5.13. The third-order valence-electron chi connectivity index (χ3n) is 4.71. The molecular formula is C20H18Cl2N4O3. The lowest BCUT2D eigenvalue weighted by atomic mass is 10.1. The summed E-state index contributed by atoms with van der Waals surface area (Å²) in [7, 11) is 0. The number of nitrogens with one attached hydrogen (secondary N) is 2. The van der Waals surface area contributed by atoms with Crippen LogP contribution in [0, 0.1) is 0 Å². The predicted octanol–water partition coefficient (Wildman–Crippen LogP) is 3.72. The lowest BCUT2D eigenvalue weighted by Crippen LogP contribution is -2.41. The number of amides is 2. The minimum atomic E-state index is -0.354. The molecule has 0 unspecified atom stereocenters. The number of nitrogens with zero attached hydrogens (tertiary/aromatic N) is 2. The van der Waals surface area contributed by atoms with E-state index in [0.29, 0.717) is 40.3 Å². The van der Waals surface area contributed by atoms with Gasteiger partial charge in [0.2, 0.25) is 0 Å². The van der Waals surface area contributed by atoms with Crippen LogP contribution in [0.4, 0.5) is 5.69 Å². The summed E-state index contributed by atoms with van der Waals surface area (Å²) in [6.07, 6.45) is 0. The van der Waals surface area contributed by atoms with Gasteiger partial charge in [0.15, 0.2) is 0 Å². The molecule has 4 rings (SSSR count). The molecule has 0 spiro atoms. The van der Waals surface area contributed by atoms with Crippen molar-refractivity contribution in [1.29, 1.82) is 0 Å². The van der Waals surface area contributed by atoms with Gasteiger partial charge in [0.25, 0.3) is 11.8 Å². The molecule has 2 N–H and O–H groups in total. The molecule has 29 heavy (non-hydrogen) atoms. The number of ether oxygens (including phenoxy) is 1. The fraction of sp³-hybridized carbons (Fsp3) is 0.250. The van der Waals surface area contributed by atoms with Crippen LogP contribution in [0.15, 0.2) is 36.4 Å². The number of anilines is 1. The number of aromatic nitrogens is 2. The molecule has 1 aliphatic rings. The van der Waals surface area contributed by atoms with Crippen molar-refractivity contribution >= 4 is 51.7 Å². The van der Waals surface area contributed by atoms with Crippen molar-refractivity contribution in [2.45, 2.75) is 13.0 Å². The van der Waals surface area contributed by atoms with E-state index in [1.54, 1.807) is 35.2 Å². The summed E-state index contributed by atoms with van der Waals surface area (Å²) in [5.74, 6) is 0.170. The fourth-order valence-corrected chi connectivity index (χ4v) is 3.65. The van der Waals surface area contributed by atoms with E-state index in [2.05, 4.69) is 15.3 Å². The number of hydrogen-bond donors (Lipinski definition) is 2. The van der Waals surface area contributed by atoms with Crippen molar-refractivity contribution in [2.24, 2.45) is 0 Å². The van der Waals surface area contributed by atoms with Gasteiger partial charge in [0.1, 0.15) is 12.4 Å². The highest BCUT2D eigenvalue weighted by molar-refractivity contribution is 6.34. The highest BCUT2D eigenvalue weighted by Gasteiger charge is 2.23. The average Bonchev–Trinajstić information content (AvgIpc) is 3.12. The molecule has 150 valence electrons. The van der Waals surface area contributed by atoms with Crippen molar-refractivity contribution in [2.75, 3.05) is 24.7 Å². The first-order chi connectivity index (χ1) is 13.9. The van der Waals surface area contributed by atoms with Crippen molar-refractivity contribution in [3.8, 4) is 0 Å². The van der Waals surface area contributed by atoms with Gasteiger partial charge in [-0.1, -0.05) is 23.2 Å². The standard InChI is InChI=1S/C20H18Cl2N4O3/c1-11(19-24-15-4-3-13(21)9-16(15)25-19)23-20(28)12-2-5-17(14(22)8-12)26-6-7-29-10-18(26)27/h2-5,8-9,11H,6-7,10H2,1H3,(H,23,28)(H,24,25)/t11-/m0/s1. The molecule has 2 aromatic carbocycles. The number of hydrogen-bond acceptors (Lipinski definition) is 4. The largest absolute Gasteiger partial charge is 0.370 e. The number of fused-ring (bicyclic) bond motifs is 1. The summed E-state index contributed by atoms with van der Waals surface area (Å²) in [6, 6.07) is 9.89. The van der Waals surface area contributed by atoms with Crippen LogP contribution in [0.2, 0.25) is 10.0 Å². The Hall–Kier alpha value is -2.61. The lowest BCUT2D eigenvalue weighted by Gasteiger charge is -2.27. The van der Waals surface area contributed by atoms with Crippen LogP contribution in [0.25, 0.3) is 11.0 Å². The second-order valence-electron chi connectivity index (χ2n) is 6.74. The van der Waals surface area contributed by atoms with Crippen LogP contribution in [0.3, 0.4) is 0 Å². The van der Waals surface area contributed by atoms with Gasteiger partial charge in [-0.15, -0.1) is 0 Å². The molecule has 0 saturated carbocycles. The molecule has 1 aromatic heterocycles. The topological polar surface area (TPSA) is 87.3 Å². The highest BCUT2D eigenvalue weighted by Crippen LogP contribution is 2.28. The van der Waals surface area contributed by atoms with E-state index < -0.39 is 0 Å². The molecule has 2 amide bonds. The minimum absolute atomic E-state index is 0.0266. The Kier molecular flexibility index (Phi) is 5.45. The first kappa shape index (κ1) is 19.7. The van der Waals surface area contributed by atoms with Crippen molar-refractivity contribution < 1.29 is 14.3 Å². The van der Waals surface area contributed by atoms with Crippen molar-refractivity contribution in [3.05, 3.63) is 57.8 Å². The average molecular weight is 433 g/mol. The van der Waals surface area contributed by atoms with E-state index in [-0.39, 0.29) is 24.5 Å². The predicted molar refractivity (Wildman–Crippen MR) is 112 cm³/mol. The first-order valence-electron chi connectivity index (χ1n) is 9.06. The molecule has 1 atom stereocenters. The van der Waals surface area contributed by atoms with Crippen molar-refractivity contribution in [3.63, 3.8) is 0 Å². The van der Waals surface area contributed by atoms with Gasteiger partial charge < -0.3 is 19.9 Å². The van der Waals surface area contributed by atoms with Gasteiger partial charge in [-0.3, -0.25) is 9.59 Å². The van der Waals surface area contributed by atoms with Crippen LogP contribution in [0.5, 0.6) is 0 Å². The second-order valence-corrected chi connectivity index (χ2v) is 7.59. The highest BCUT2D eigenvalue weighted by atomic mass is 35.5. The number of benzene rings is 2. The smallest absolute Gasteiger partial charge is 0.253 e. The van der Waals surface area contributed by atoms with E-state index >= 15 is 0 Å². The van der Waals surface area contributed by atoms with Crippen LogP contribution < -0.4 is 10.2 Å². The number of carbonyl (C=O) groups excluding carboxylic acids is 2. The van der Waals surface area contributed by atoms with E-state index in [1.807, 2.05) is 13.0 Å². The molecule has 9 heteroatoms. The van der Waals surface area contributed by atoms with Gasteiger partial charge in [0.05, 0.1) is 34.4 Å². The summed E-state index contributed by atoms with van der Waals surface area (Å²) in [4.78, 5) is 33.9. The zero-order valence-corrected chi connectivity index (χ0v) is 17.0. The van der Waals surface area contributed by atoms with E-state index in [4.69, 9.17) is 27.9 Å². The van der Waals surface area contributed by atoms with Gasteiger partial charge in [-0.25, -0.2) is 4.98 Å². The summed E-state index contributed by atoms with van der Waals surface area (Å²) >= 11 is 12.4. The molecular weight excluding hydrogens is 415 g/mol. The van der Waals surface area contributed by atoms with Crippen LogP contribution in [-0.4, -0.2) is 41.5 Å². The minimum Gasteiger partial charge on any atom is -0.370 e. The zero-order chi connectivity index (χ0) is 20.5. The zero-order valence-electron chi connectivity index (χ0n) is 15.5. The Balaban J connectivity index is 1.50. The second kappa shape index (κ2) is 8.02. The maximum atomic E-state index is 12.7. The van der Waals surface area contributed by atoms with Gasteiger partial charge in [-0.05, 0) is 43.3 Å². The number of carbonyl (C=O) groups is 2. The van der Waals surface area contributed by atoms with E-state index in [1.165, 1.54) is 0 Å². The van der Waals surface area contributed by atoms with E-state index in [0.717, 1.165) is 11.0 Å².